The highest BCUT2D eigenvalue weighted by Crippen LogP contribution is 2.35. The van der Waals surface area contributed by atoms with E-state index in [1.54, 1.807) is 23.0 Å². The number of aromatic nitrogens is 4. The van der Waals surface area contributed by atoms with Gasteiger partial charge in [0.25, 0.3) is 0 Å². The molecule has 1 aliphatic rings. The summed E-state index contributed by atoms with van der Waals surface area (Å²) >= 11 is 0. The quantitative estimate of drug-likeness (QED) is 0.790. The Morgan fingerprint density at radius 2 is 2.12 bits per heavy atom. The van der Waals surface area contributed by atoms with Gasteiger partial charge in [-0.25, -0.2) is 4.39 Å². The zero-order chi connectivity index (χ0) is 17.3. The Morgan fingerprint density at radius 3 is 2.92 bits per heavy atom. The molecule has 3 aromatic rings. The van der Waals surface area contributed by atoms with Crippen LogP contribution in [0.2, 0.25) is 0 Å². The largest absolute Gasteiger partial charge is 0.381 e. The minimum Gasteiger partial charge on any atom is -0.381 e. The Morgan fingerprint density at radius 1 is 1.28 bits per heavy atom. The summed E-state index contributed by atoms with van der Waals surface area (Å²) in [5.74, 6) is -0.206. The van der Waals surface area contributed by atoms with Crippen molar-refractivity contribution in [2.75, 3.05) is 25.1 Å². The molecule has 3 heterocycles. The number of anilines is 1. The molecule has 1 N–H and O–H groups in total. The van der Waals surface area contributed by atoms with Crippen molar-refractivity contribution < 1.29 is 9.13 Å². The van der Waals surface area contributed by atoms with Gasteiger partial charge in [-0.15, -0.1) is 10.2 Å². The predicted molar refractivity (Wildman–Crippen MR) is 92.1 cm³/mol. The van der Waals surface area contributed by atoms with Crippen LogP contribution >= 0.6 is 0 Å². The van der Waals surface area contributed by atoms with Gasteiger partial charge in [0.2, 0.25) is 5.65 Å². The molecule has 0 spiro atoms. The van der Waals surface area contributed by atoms with Crippen molar-refractivity contribution in [3.05, 3.63) is 53.7 Å². The first-order chi connectivity index (χ1) is 12.2. The van der Waals surface area contributed by atoms with Crippen LogP contribution in [0.15, 0.2) is 36.7 Å². The van der Waals surface area contributed by atoms with Crippen LogP contribution in [0.4, 0.5) is 10.1 Å². The lowest BCUT2D eigenvalue weighted by atomic mass is 9.74. The molecule has 130 valence electrons. The summed E-state index contributed by atoms with van der Waals surface area (Å²) in [7, 11) is 0. The number of hydrogen-bond donors (Lipinski definition) is 1. The van der Waals surface area contributed by atoms with Crippen LogP contribution in [0.25, 0.3) is 5.65 Å². The minimum atomic E-state index is -0.206. The maximum Gasteiger partial charge on any atom is 0.200 e. The summed E-state index contributed by atoms with van der Waals surface area (Å²) in [4.78, 5) is 0. The van der Waals surface area contributed by atoms with Gasteiger partial charge in [-0.3, -0.25) is 0 Å². The van der Waals surface area contributed by atoms with E-state index in [2.05, 4.69) is 20.6 Å². The lowest BCUT2D eigenvalue weighted by Gasteiger charge is -2.38. The van der Waals surface area contributed by atoms with Gasteiger partial charge in [-0.1, -0.05) is 12.1 Å². The first-order valence-electron chi connectivity index (χ1n) is 8.42. The fraction of sp³-hybridized carbons (Fsp3) is 0.389. The Kier molecular flexibility index (Phi) is 4.09. The van der Waals surface area contributed by atoms with Crippen LogP contribution in [-0.4, -0.2) is 39.6 Å². The van der Waals surface area contributed by atoms with Crippen LogP contribution in [0.3, 0.4) is 0 Å². The summed E-state index contributed by atoms with van der Waals surface area (Å²) in [6.45, 7) is 3.95. The fourth-order valence-electron chi connectivity index (χ4n) is 3.50. The van der Waals surface area contributed by atoms with Crippen molar-refractivity contribution in [2.45, 2.75) is 25.2 Å². The molecule has 1 fully saturated rings. The number of ether oxygens (including phenoxy) is 1. The molecule has 25 heavy (non-hydrogen) atoms. The molecule has 0 aliphatic carbocycles. The number of hydrogen-bond acceptors (Lipinski definition) is 5. The third-order valence-electron chi connectivity index (χ3n) is 4.89. The molecule has 1 aliphatic heterocycles. The maximum absolute atomic E-state index is 13.8. The molecule has 2 aromatic heterocycles. The number of aryl methyl sites for hydroxylation is 1. The van der Waals surface area contributed by atoms with Crippen molar-refractivity contribution in [3.8, 4) is 0 Å². The van der Waals surface area contributed by atoms with Crippen molar-refractivity contribution >= 4 is 11.3 Å². The summed E-state index contributed by atoms with van der Waals surface area (Å²) in [6, 6.07) is 8.85. The molecule has 4 rings (SSSR count). The van der Waals surface area contributed by atoms with E-state index >= 15 is 0 Å². The Labute approximate surface area is 145 Å². The second kappa shape index (κ2) is 6.40. The highest BCUT2D eigenvalue weighted by Gasteiger charge is 2.34. The predicted octanol–water partition coefficient (Wildman–Crippen LogP) is 2.73. The Balaban J connectivity index is 1.66. The highest BCUT2D eigenvalue weighted by molar-refractivity contribution is 5.66. The number of fused-ring (bicyclic) bond motifs is 1. The molecule has 6 nitrogen and oxygen atoms in total. The number of halogens is 1. The minimum absolute atomic E-state index is 0.172. The van der Waals surface area contributed by atoms with E-state index in [0.29, 0.717) is 25.4 Å². The van der Waals surface area contributed by atoms with Crippen LogP contribution in [0.5, 0.6) is 0 Å². The molecule has 0 amide bonds. The normalized spacial score (nSPS) is 16.9. The molecule has 0 radical (unpaired) electrons. The molecule has 7 heteroatoms. The summed E-state index contributed by atoms with van der Waals surface area (Å²) < 4.78 is 21.0. The molecular weight excluding hydrogens is 321 g/mol. The highest BCUT2D eigenvalue weighted by atomic mass is 19.1. The summed E-state index contributed by atoms with van der Waals surface area (Å²) in [6.07, 6.45) is 3.28. The number of benzene rings is 1. The fourth-order valence-corrected chi connectivity index (χ4v) is 3.50. The zero-order valence-electron chi connectivity index (χ0n) is 14.1. The lowest BCUT2D eigenvalue weighted by Crippen LogP contribution is -2.40. The van der Waals surface area contributed by atoms with Crippen molar-refractivity contribution in [1.29, 1.82) is 0 Å². The first kappa shape index (κ1) is 16.0. The molecule has 0 saturated carbocycles. The molecule has 0 bridgehead atoms. The second-order valence-corrected chi connectivity index (χ2v) is 6.56. The summed E-state index contributed by atoms with van der Waals surface area (Å²) in [5, 5.41) is 15.9. The SMILES string of the molecule is Cc1cc(NCC2(c3cccc(F)c3)CCOCC2)c2nncn2n1. The van der Waals surface area contributed by atoms with E-state index in [0.717, 1.165) is 29.8 Å². The van der Waals surface area contributed by atoms with Crippen molar-refractivity contribution in [1.82, 2.24) is 19.8 Å². The lowest BCUT2D eigenvalue weighted by molar-refractivity contribution is 0.0543. The van der Waals surface area contributed by atoms with Gasteiger partial charge in [0.15, 0.2) is 0 Å². The van der Waals surface area contributed by atoms with E-state index in [9.17, 15) is 4.39 Å². The second-order valence-electron chi connectivity index (χ2n) is 6.56. The van der Waals surface area contributed by atoms with Gasteiger partial charge in [0.05, 0.1) is 11.4 Å². The average molecular weight is 341 g/mol. The van der Waals surface area contributed by atoms with E-state index in [4.69, 9.17) is 4.74 Å². The van der Waals surface area contributed by atoms with Gasteiger partial charge in [-0.2, -0.15) is 9.61 Å². The van der Waals surface area contributed by atoms with Crippen LogP contribution < -0.4 is 5.32 Å². The third kappa shape index (κ3) is 3.07. The number of rotatable bonds is 4. The standard InChI is InChI=1S/C18H20FN5O/c1-13-9-16(17-22-21-12-24(17)23-13)20-11-18(5-7-25-8-6-18)14-3-2-4-15(19)10-14/h2-4,9-10,12,20H,5-8,11H2,1H3. The van der Waals surface area contributed by atoms with Crippen LogP contribution in [0, 0.1) is 12.7 Å². The zero-order valence-corrected chi connectivity index (χ0v) is 14.1. The van der Waals surface area contributed by atoms with Gasteiger partial charge >= 0.3 is 0 Å². The average Bonchev–Trinajstić information content (AvgIpc) is 3.09. The Bertz CT molecular complexity index is 888. The molecule has 1 saturated heterocycles. The first-order valence-corrected chi connectivity index (χ1v) is 8.42. The van der Waals surface area contributed by atoms with E-state index < -0.39 is 0 Å². The van der Waals surface area contributed by atoms with Gasteiger partial charge < -0.3 is 10.1 Å². The van der Waals surface area contributed by atoms with Gasteiger partial charge in [-0.05, 0) is 43.5 Å². The number of nitrogens with zero attached hydrogens (tertiary/aromatic N) is 4. The maximum atomic E-state index is 13.8. The van der Waals surface area contributed by atoms with Crippen molar-refractivity contribution in [2.24, 2.45) is 0 Å². The van der Waals surface area contributed by atoms with E-state index in [-0.39, 0.29) is 11.2 Å². The molecular formula is C18H20FN5O. The topological polar surface area (TPSA) is 64.3 Å². The van der Waals surface area contributed by atoms with Gasteiger partial charge in [0.1, 0.15) is 12.1 Å². The van der Waals surface area contributed by atoms with E-state index in [1.807, 2.05) is 19.1 Å². The van der Waals surface area contributed by atoms with E-state index in [1.165, 1.54) is 6.07 Å². The Hall–Kier alpha value is -2.54. The van der Waals surface area contributed by atoms with Crippen LogP contribution in [0.1, 0.15) is 24.1 Å². The monoisotopic (exact) mass is 341 g/mol. The van der Waals surface area contributed by atoms with Crippen molar-refractivity contribution in [3.63, 3.8) is 0 Å². The summed E-state index contributed by atoms with van der Waals surface area (Å²) in [5.41, 5.74) is 3.28. The molecule has 0 atom stereocenters. The van der Waals surface area contributed by atoms with Gasteiger partial charge in [0, 0.05) is 25.2 Å². The smallest absolute Gasteiger partial charge is 0.200 e. The van der Waals surface area contributed by atoms with Crippen LogP contribution in [-0.2, 0) is 10.2 Å². The molecule has 1 aromatic carbocycles. The number of nitrogens with one attached hydrogen (secondary N) is 1. The molecule has 0 unspecified atom stereocenters. The third-order valence-corrected chi connectivity index (χ3v) is 4.89.